The smallest absolute Gasteiger partial charge is 0.191 e. The second kappa shape index (κ2) is 7.18. The van der Waals surface area contributed by atoms with Crippen molar-refractivity contribution in [3.63, 3.8) is 0 Å². The molecule has 1 unspecified atom stereocenters. The van der Waals surface area contributed by atoms with Gasteiger partial charge >= 0.3 is 0 Å². The molecule has 2 aromatic rings. The maximum Gasteiger partial charge on any atom is 0.191 e. The van der Waals surface area contributed by atoms with Crippen molar-refractivity contribution >= 4 is 5.96 Å². The van der Waals surface area contributed by atoms with Crippen LogP contribution in [0.25, 0.3) is 0 Å². The fraction of sp³-hybridized carbons (Fsp3) is 0.316. The van der Waals surface area contributed by atoms with Gasteiger partial charge in [-0.05, 0) is 24.1 Å². The minimum absolute atomic E-state index is 0.158. The van der Waals surface area contributed by atoms with Crippen molar-refractivity contribution in [2.45, 2.75) is 26.0 Å². The van der Waals surface area contributed by atoms with Crippen molar-refractivity contribution in [3.8, 4) is 5.75 Å². The van der Waals surface area contributed by atoms with E-state index in [-0.39, 0.29) is 6.10 Å². The number of nitrogens with zero attached hydrogens (tertiary/aromatic N) is 1. The average Bonchev–Trinajstić information content (AvgIpc) is 2.99. The lowest BCUT2D eigenvalue weighted by Gasteiger charge is -2.15. The van der Waals surface area contributed by atoms with Gasteiger partial charge in [0.15, 0.2) is 5.96 Å². The number of hydrogen-bond donors (Lipinski definition) is 2. The van der Waals surface area contributed by atoms with E-state index in [1.807, 2.05) is 12.1 Å². The molecule has 0 fully saturated rings. The molecule has 0 aromatic heterocycles. The fourth-order valence-corrected chi connectivity index (χ4v) is 2.69. The Kier molecular flexibility index (Phi) is 4.81. The molecule has 120 valence electrons. The maximum atomic E-state index is 5.93. The third-order valence-electron chi connectivity index (χ3n) is 4.02. The molecular formula is C19H23N3O. The first-order valence-electron chi connectivity index (χ1n) is 7.99. The van der Waals surface area contributed by atoms with Crippen molar-refractivity contribution in [1.82, 2.24) is 10.6 Å². The van der Waals surface area contributed by atoms with Gasteiger partial charge in [-0.1, -0.05) is 48.0 Å². The summed E-state index contributed by atoms with van der Waals surface area (Å²) >= 11 is 0. The van der Waals surface area contributed by atoms with Crippen LogP contribution in [0.2, 0.25) is 0 Å². The number of benzene rings is 2. The molecular weight excluding hydrogens is 286 g/mol. The van der Waals surface area contributed by atoms with E-state index in [4.69, 9.17) is 4.74 Å². The van der Waals surface area contributed by atoms with Gasteiger partial charge in [-0.3, -0.25) is 4.99 Å². The predicted molar refractivity (Wildman–Crippen MR) is 93.9 cm³/mol. The zero-order valence-electron chi connectivity index (χ0n) is 13.7. The molecule has 1 atom stereocenters. The molecule has 4 heteroatoms. The summed E-state index contributed by atoms with van der Waals surface area (Å²) in [5.74, 6) is 1.80. The number of nitrogens with one attached hydrogen (secondary N) is 2. The van der Waals surface area contributed by atoms with Gasteiger partial charge in [-0.2, -0.15) is 0 Å². The molecule has 0 bridgehead atoms. The van der Waals surface area contributed by atoms with E-state index in [0.717, 1.165) is 31.2 Å². The van der Waals surface area contributed by atoms with Crippen LogP contribution in [0.1, 0.15) is 16.7 Å². The van der Waals surface area contributed by atoms with E-state index in [9.17, 15) is 0 Å². The molecule has 0 saturated heterocycles. The van der Waals surface area contributed by atoms with Gasteiger partial charge in [0.2, 0.25) is 0 Å². The molecule has 1 aliphatic rings. The Morgan fingerprint density at radius 3 is 2.65 bits per heavy atom. The first kappa shape index (κ1) is 15.4. The van der Waals surface area contributed by atoms with Crippen LogP contribution in [0.4, 0.5) is 0 Å². The van der Waals surface area contributed by atoms with Crippen molar-refractivity contribution in [2.75, 3.05) is 13.6 Å². The normalized spacial score (nSPS) is 16.6. The summed E-state index contributed by atoms with van der Waals surface area (Å²) in [7, 11) is 1.79. The zero-order valence-corrected chi connectivity index (χ0v) is 13.7. The lowest BCUT2D eigenvalue weighted by atomic mass is 10.1. The highest BCUT2D eigenvalue weighted by Gasteiger charge is 2.22. The molecule has 2 aromatic carbocycles. The van der Waals surface area contributed by atoms with Crippen molar-refractivity contribution in [1.29, 1.82) is 0 Å². The van der Waals surface area contributed by atoms with Crippen LogP contribution in [0, 0.1) is 6.92 Å². The third-order valence-corrected chi connectivity index (χ3v) is 4.02. The molecule has 0 saturated carbocycles. The predicted octanol–water partition coefficient (Wildman–Crippen LogP) is 2.66. The molecule has 3 rings (SSSR count). The third kappa shape index (κ3) is 4.03. The second-order valence-corrected chi connectivity index (χ2v) is 5.84. The Hall–Kier alpha value is -2.49. The first-order chi connectivity index (χ1) is 11.2. The monoisotopic (exact) mass is 309 g/mol. The minimum atomic E-state index is 0.158. The Bertz CT molecular complexity index is 654. The molecule has 23 heavy (non-hydrogen) atoms. The summed E-state index contributed by atoms with van der Waals surface area (Å²) < 4.78 is 5.93. The molecule has 1 heterocycles. The van der Waals surface area contributed by atoms with Gasteiger partial charge < -0.3 is 15.4 Å². The molecule has 0 radical (unpaired) electrons. The largest absolute Gasteiger partial charge is 0.488 e. The Morgan fingerprint density at radius 1 is 1.13 bits per heavy atom. The summed E-state index contributed by atoms with van der Waals surface area (Å²) in [6, 6.07) is 16.7. The van der Waals surface area contributed by atoms with Crippen LogP contribution >= 0.6 is 0 Å². The van der Waals surface area contributed by atoms with Gasteiger partial charge in [-0.25, -0.2) is 0 Å². The average molecular weight is 309 g/mol. The van der Waals surface area contributed by atoms with Gasteiger partial charge in [-0.15, -0.1) is 0 Å². The Balaban J connectivity index is 1.46. The summed E-state index contributed by atoms with van der Waals surface area (Å²) in [5, 5.41) is 6.68. The Morgan fingerprint density at radius 2 is 1.91 bits per heavy atom. The molecule has 4 nitrogen and oxygen atoms in total. The van der Waals surface area contributed by atoms with E-state index < -0.39 is 0 Å². The number of para-hydroxylation sites is 1. The van der Waals surface area contributed by atoms with Crippen molar-refractivity contribution in [3.05, 3.63) is 65.2 Å². The van der Waals surface area contributed by atoms with Crippen LogP contribution in [0.15, 0.2) is 53.5 Å². The summed E-state index contributed by atoms with van der Waals surface area (Å²) in [5.41, 5.74) is 3.79. The van der Waals surface area contributed by atoms with E-state index >= 15 is 0 Å². The van der Waals surface area contributed by atoms with Crippen LogP contribution in [-0.2, 0) is 13.0 Å². The Labute approximate surface area is 137 Å². The van der Waals surface area contributed by atoms with E-state index in [0.29, 0.717) is 0 Å². The van der Waals surface area contributed by atoms with Crippen LogP contribution < -0.4 is 15.4 Å². The topological polar surface area (TPSA) is 45.7 Å². The minimum Gasteiger partial charge on any atom is -0.488 e. The number of guanidine groups is 1. The van der Waals surface area contributed by atoms with Crippen molar-refractivity contribution in [2.24, 2.45) is 4.99 Å². The quantitative estimate of drug-likeness (QED) is 0.674. The molecule has 0 amide bonds. The molecule has 0 spiro atoms. The van der Waals surface area contributed by atoms with Crippen LogP contribution in [0.5, 0.6) is 5.75 Å². The zero-order chi connectivity index (χ0) is 16.1. The maximum absolute atomic E-state index is 5.93. The lowest BCUT2D eigenvalue weighted by molar-refractivity contribution is 0.235. The number of rotatable bonds is 4. The highest BCUT2D eigenvalue weighted by atomic mass is 16.5. The van der Waals surface area contributed by atoms with Gasteiger partial charge in [0.1, 0.15) is 11.9 Å². The molecule has 2 N–H and O–H groups in total. The number of ether oxygens (including phenoxy) is 1. The van der Waals surface area contributed by atoms with Gasteiger partial charge in [0, 0.05) is 20.0 Å². The highest BCUT2D eigenvalue weighted by Crippen LogP contribution is 2.27. The summed E-state index contributed by atoms with van der Waals surface area (Å²) in [4.78, 5) is 4.27. The van der Waals surface area contributed by atoms with Crippen molar-refractivity contribution < 1.29 is 4.74 Å². The first-order valence-corrected chi connectivity index (χ1v) is 7.99. The highest BCUT2D eigenvalue weighted by molar-refractivity contribution is 5.79. The number of hydrogen-bond acceptors (Lipinski definition) is 2. The number of fused-ring (bicyclic) bond motifs is 1. The number of aliphatic imine (C=N–C) groups is 1. The van der Waals surface area contributed by atoms with E-state index in [2.05, 4.69) is 58.9 Å². The lowest BCUT2D eigenvalue weighted by Crippen LogP contribution is -2.41. The molecule has 0 aliphatic carbocycles. The van der Waals surface area contributed by atoms with Gasteiger partial charge in [0.25, 0.3) is 0 Å². The summed E-state index contributed by atoms with van der Waals surface area (Å²) in [6.45, 7) is 3.59. The number of aryl methyl sites for hydroxylation is 1. The molecule has 1 aliphatic heterocycles. The summed E-state index contributed by atoms with van der Waals surface area (Å²) in [6.07, 6.45) is 1.10. The van der Waals surface area contributed by atoms with E-state index in [1.54, 1.807) is 7.05 Å². The fourth-order valence-electron chi connectivity index (χ4n) is 2.69. The standard InChI is InChI=1S/C19H23N3O/c1-14-7-9-15(10-8-14)12-21-19(20-2)22-13-17-11-16-5-3-4-6-18(16)23-17/h3-10,17H,11-13H2,1-2H3,(H2,20,21,22). The van der Waals surface area contributed by atoms with Crippen LogP contribution in [-0.4, -0.2) is 25.7 Å². The van der Waals surface area contributed by atoms with Crippen LogP contribution in [0.3, 0.4) is 0 Å². The van der Waals surface area contributed by atoms with E-state index in [1.165, 1.54) is 16.7 Å². The second-order valence-electron chi connectivity index (χ2n) is 5.84. The SMILES string of the molecule is CN=C(NCc1ccc(C)cc1)NCC1Cc2ccccc2O1. The van der Waals surface area contributed by atoms with Gasteiger partial charge in [0.05, 0.1) is 6.54 Å².